The number of likely N-dealkylation sites (N-methyl/N-ethyl adjacent to an activating group) is 2. The van der Waals surface area contributed by atoms with E-state index in [2.05, 4.69) is 10.6 Å². The number of para-hydroxylation sites is 1. The minimum atomic E-state index is -0.142. The highest BCUT2D eigenvalue weighted by atomic mass is 16.2. The number of hydrogen-bond acceptors (Lipinski definition) is 4. The maximum Gasteiger partial charge on any atom is 0.258 e. The van der Waals surface area contributed by atoms with Gasteiger partial charge in [0.1, 0.15) is 0 Å². The number of carbonyl (C=O) groups is 2. The third kappa shape index (κ3) is 4.96. The summed E-state index contributed by atoms with van der Waals surface area (Å²) in [5, 5.41) is 6.38. The lowest BCUT2D eigenvalue weighted by Crippen LogP contribution is -2.33. The summed E-state index contributed by atoms with van der Waals surface area (Å²) in [6.45, 7) is 1.46. The average molecular weight is 441 g/mol. The second-order valence-corrected chi connectivity index (χ2v) is 8.35. The summed E-state index contributed by atoms with van der Waals surface area (Å²) >= 11 is 0. The molecular formula is C27H28N4O2. The molecule has 2 N–H and O–H groups in total. The van der Waals surface area contributed by atoms with Crippen molar-refractivity contribution in [2.24, 2.45) is 0 Å². The van der Waals surface area contributed by atoms with Crippen molar-refractivity contribution in [2.75, 3.05) is 44.9 Å². The van der Waals surface area contributed by atoms with Gasteiger partial charge in [0.25, 0.3) is 11.8 Å². The second-order valence-electron chi connectivity index (χ2n) is 8.35. The van der Waals surface area contributed by atoms with Gasteiger partial charge in [-0.1, -0.05) is 48.5 Å². The molecule has 0 atom stereocenters. The molecule has 3 aromatic carbocycles. The Morgan fingerprint density at radius 1 is 0.818 bits per heavy atom. The number of rotatable bonds is 7. The Kier molecular flexibility index (Phi) is 6.56. The Hall–Kier alpha value is -3.90. The first-order chi connectivity index (χ1) is 15.9. The van der Waals surface area contributed by atoms with Gasteiger partial charge in [0, 0.05) is 42.6 Å². The predicted molar refractivity (Wildman–Crippen MR) is 134 cm³/mol. The van der Waals surface area contributed by atoms with E-state index in [1.807, 2.05) is 105 Å². The molecule has 6 nitrogen and oxygen atoms in total. The van der Waals surface area contributed by atoms with E-state index in [1.54, 1.807) is 4.90 Å². The van der Waals surface area contributed by atoms with Crippen LogP contribution in [0.4, 0.5) is 11.4 Å². The highest BCUT2D eigenvalue weighted by Crippen LogP contribution is 2.37. The molecule has 0 saturated heterocycles. The molecular weight excluding hydrogens is 412 g/mol. The number of nitrogens with one attached hydrogen (secondary N) is 2. The molecule has 33 heavy (non-hydrogen) atoms. The summed E-state index contributed by atoms with van der Waals surface area (Å²) in [5.74, 6) is -0.161. The number of nitrogens with zero attached hydrogens (tertiary/aromatic N) is 2. The van der Waals surface area contributed by atoms with Gasteiger partial charge in [0.05, 0.1) is 11.3 Å². The molecule has 4 rings (SSSR count). The first-order valence-corrected chi connectivity index (χ1v) is 10.9. The Bertz CT molecular complexity index is 1180. The van der Waals surface area contributed by atoms with E-state index in [0.29, 0.717) is 17.7 Å². The van der Waals surface area contributed by atoms with Gasteiger partial charge in [0.15, 0.2) is 0 Å². The Morgan fingerprint density at radius 3 is 2.18 bits per heavy atom. The second kappa shape index (κ2) is 9.71. The molecule has 1 aliphatic heterocycles. The highest BCUT2D eigenvalue weighted by Gasteiger charge is 2.28. The maximum absolute atomic E-state index is 12.9. The number of hydrogen-bond donors (Lipinski definition) is 2. The maximum atomic E-state index is 12.9. The van der Waals surface area contributed by atoms with E-state index in [-0.39, 0.29) is 11.8 Å². The molecule has 0 spiro atoms. The molecule has 6 heteroatoms. The monoisotopic (exact) mass is 440 g/mol. The standard InChI is InChI=1S/C27H28N4O2/c1-30(2)17-18-31(3)27(33)20-13-15-21(16-14-20)28-25(19-9-5-4-6-10-19)24-22-11-7-8-12-23(22)29-26(24)32/h4-16,28H,17-18H2,1-3H3,(H,29,32)/b25-24-. The number of carbonyl (C=O) groups excluding carboxylic acids is 2. The zero-order chi connectivity index (χ0) is 23.4. The van der Waals surface area contributed by atoms with E-state index >= 15 is 0 Å². The minimum Gasteiger partial charge on any atom is -0.354 e. The third-order valence-corrected chi connectivity index (χ3v) is 5.61. The lowest BCUT2D eigenvalue weighted by Gasteiger charge is -2.20. The summed E-state index contributed by atoms with van der Waals surface area (Å²) < 4.78 is 0. The van der Waals surface area contributed by atoms with Gasteiger partial charge in [-0.3, -0.25) is 9.59 Å². The molecule has 0 fully saturated rings. The summed E-state index contributed by atoms with van der Waals surface area (Å²) in [6, 6.07) is 24.8. The Balaban J connectivity index is 1.64. The van der Waals surface area contributed by atoms with Crippen molar-refractivity contribution >= 4 is 34.5 Å². The van der Waals surface area contributed by atoms with Crippen molar-refractivity contribution in [1.29, 1.82) is 0 Å². The quantitative estimate of drug-likeness (QED) is 0.539. The molecule has 0 aromatic heterocycles. The van der Waals surface area contributed by atoms with Crippen molar-refractivity contribution in [3.8, 4) is 0 Å². The average Bonchev–Trinajstić information content (AvgIpc) is 3.17. The van der Waals surface area contributed by atoms with Crippen LogP contribution in [-0.2, 0) is 4.79 Å². The summed E-state index contributed by atoms with van der Waals surface area (Å²) in [6.07, 6.45) is 0. The van der Waals surface area contributed by atoms with Crippen LogP contribution in [0.2, 0.25) is 0 Å². The molecule has 168 valence electrons. The van der Waals surface area contributed by atoms with Crippen LogP contribution in [-0.4, -0.2) is 55.8 Å². The van der Waals surface area contributed by atoms with Gasteiger partial charge in [-0.05, 0) is 50.0 Å². The van der Waals surface area contributed by atoms with Crippen LogP contribution in [0, 0.1) is 0 Å². The Morgan fingerprint density at radius 2 is 1.48 bits per heavy atom. The fourth-order valence-corrected chi connectivity index (χ4v) is 3.76. The largest absolute Gasteiger partial charge is 0.354 e. The van der Waals surface area contributed by atoms with Crippen LogP contribution in [0.5, 0.6) is 0 Å². The number of anilines is 2. The van der Waals surface area contributed by atoms with Crippen LogP contribution >= 0.6 is 0 Å². The molecule has 0 aliphatic carbocycles. The number of benzene rings is 3. The molecule has 0 unspecified atom stereocenters. The van der Waals surface area contributed by atoms with Gasteiger partial charge >= 0.3 is 0 Å². The minimum absolute atomic E-state index is 0.0193. The van der Waals surface area contributed by atoms with Crippen LogP contribution < -0.4 is 10.6 Å². The topological polar surface area (TPSA) is 64.7 Å². The molecule has 0 radical (unpaired) electrons. The van der Waals surface area contributed by atoms with Crippen LogP contribution in [0.15, 0.2) is 78.9 Å². The molecule has 1 heterocycles. The highest BCUT2D eigenvalue weighted by molar-refractivity contribution is 6.37. The summed E-state index contributed by atoms with van der Waals surface area (Å²) in [5.41, 5.74) is 5.31. The van der Waals surface area contributed by atoms with Crippen LogP contribution in [0.1, 0.15) is 21.5 Å². The normalized spacial score (nSPS) is 14.0. The van der Waals surface area contributed by atoms with E-state index in [4.69, 9.17) is 0 Å². The predicted octanol–water partition coefficient (Wildman–Crippen LogP) is 4.25. The van der Waals surface area contributed by atoms with Crippen molar-refractivity contribution in [1.82, 2.24) is 9.80 Å². The fourth-order valence-electron chi connectivity index (χ4n) is 3.76. The Labute approximate surface area is 194 Å². The van der Waals surface area contributed by atoms with Gasteiger partial charge in [-0.2, -0.15) is 0 Å². The van der Waals surface area contributed by atoms with Gasteiger partial charge < -0.3 is 20.4 Å². The molecule has 0 saturated carbocycles. The van der Waals surface area contributed by atoms with E-state index < -0.39 is 0 Å². The van der Waals surface area contributed by atoms with E-state index in [9.17, 15) is 9.59 Å². The third-order valence-electron chi connectivity index (χ3n) is 5.61. The van der Waals surface area contributed by atoms with Crippen LogP contribution in [0.25, 0.3) is 11.3 Å². The zero-order valence-corrected chi connectivity index (χ0v) is 19.1. The lowest BCUT2D eigenvalue weighted by molar-refractivity contribution is -0.110. The van der Waals surface area contributed by atoms with Gasteiger partial charge in [0.2, 0.25) is 0 Å². The van der Waals surface area contributed by atoms with Crippen LogP contribution in [0.3, 0.4) is 0 Å². The van der Waals surface area contributed by atoms with Gasteiger partial charge in [-0.25, -0.2) is 0 Å². The SMILES string of the molecule is CN(C)CCN(C)C(=O)c1ccc(N/C(=C2\C(=O)Nc3ccccc32)c2ccccc2)cc1. The van der Waals surface area contributed by atoms with Crippen molar-refractivity contribution in [3.63, 3.8) is 0 Å². The number of amides is 2. The first kappa shape index (κ1) is 22.3. The first-order valence-electron chi connectivity index (χ1n) is 10.9. The summed E-state index contributed by atoms with van der Waals surface area (Å²) in [7, 11) is 5.79. The fraction of sp³-hybridized carbons (Fsp3) is 0.185. The zero-order valence-electron chi connectivity index (χ0n) is 19.1. The van der Waals surface area contributed by atoms with Crippen molar-refractivity contribution in [2.45, 2.75) is 0 Å². The van der Waals surface area contributed by atoms with Crippen molar-refractivity contribution in [3.05, 3.63) is 95.6 Å². The van der Waals surface area contributed by atoms with E-state index in [1.165, 1.54) is 0 Å². The molecule has 0 bridgehead atoms. The van der Waals surface area contributed by atoms with E-state index in [0.717, 1.165) is 34.7 Å². The molecule has 3 aromatic rings. The molecule has 2 amide bonds. The summed E-state index contributed by atoms with van der Waals surface area (Å²) in [4.78, 5) is 29.4. The lowest BCUT2D eigenvalue weighted by atomic mass is 10.00. The van der Waals surface area contributed by atoms with Crippen molar-refractivity contribution < 1.29 is 9.59 Å². The smallest absolute Gasteiger partial charge is 0.258 e. The molecule has 1 aliphatic rings. The van der Waals surface area contributed by atoms with Gasteiger partial charge in [-0.15, -0.1) is 0 Å². The number of fused-ring (bicyclic) bond motifs is 1.